The van der Waals surface area contributed by atoms with E-state index >= 15 is 0 Å². The van der Waals surface area contributed by atoms with E-state index in [-0.39, 0.29) is 12.3 Å². The summed E-state index contributed by atoms with van der Waals surface area (Å²) >= 11 is 6.16. The van der Waals surface area contributed by atoms with Crippen molar-refractivity contribution in [1.29, 1.82) is 0 Å². The maximum Gasteiger partial charge on any atom is 0.259 e. The zero-order valence-electron chi connectivity index (χ0n) is 15.6. The third-order valence-corrected chi connectivity index (χ3v) is 4.71. The Balaban J connectivity index is 1.50. The first-order chi connectivity index (χ1) is 14.6. The summed E-state index contributed by atoms with van der Waals surface area (Å²) in [5.74, 6) is -0.561. The molecule has 1 amide bonds. The molecule has 30 heavy (non-hydrogen) atoms. The number of nitrogens with zero attached hydrogens (tertiary/aromatic N) is 3. The molecule has 0 radical (unpaired) electrons. The van der Waals surface area contributed by atoms with Crippen LogP contribution < -0.4 is 10.1 Å². The molecule has 1 heterocycles. The van der Waals surface area contributed by atoms with E-state index in [0.717, 1.165) is 5.56 Å². The lowest BCUT2D eigenvalue weighted by atomic mass is 10.1. The first kappa shape index (κ1) is 19.6. The van der Waals surface area contributed by atoms with Crippen LogP contribution in [0.4, 0.5) is 10.1 Å². The van der Waals surface area contributed by atoms with Crippen LogP contribution in [0.25, 0.3) is 5.69 Å². The van der Waals surface area contributed by atoms with Gasteiger partial charge in [-0.2, -0.15) is 5.10 Å². The number of anilines is 1. The van der Waals surface area contributed by atoms with Crippen LogP contribution >= 0.6 is 11.6 Å². The summed E-state index contributed by atoms with van der Waals surface area (Å²) in [7, 11) is 0. The van der Waals surface area contributed by atoms with Gasteiger partial charge in [-0.15, -0.1) is 0 Å². The number of carbonyl (C=O) groups is 1. The zero-order valence-corrected chi connectivity index (χ0v) is 16.4. The normalized spacial score (nSPS) is 10.6. The Labute approximate surface area is 176 Å². The summed E-state index contributed by atoms with van der Waals surface area (Å²) in [5, 5.41) is 7.18. The summed E-state index contributed by atoms with van der Waals surface area (Å²) < 4.78 is 21.5. The van der Waals surface area contributed by atoms with Crippen LogP contribution in [-0.4, -0.2) is 20.7 Å². The van der Waals surface area contributed by atoms with Gasteiger partial charge in [0, 0.05) is 16.3 Å². The van der Waals surface area contributed by atoms with Gasteiger partial charge in [0.25, 0.3) is 5.91 Å². The highest BCUT2D eigenvalue weighted by molar-refractivity contribution is 6.31. The van der Waals surface area contributed by atoms with Crippen LogP contribution in [0.15, 0.2) is 79.4 Å². The molecule has 8 heteroatoms. The van der Waals surface area contributed by atoms with Gasteiger partial charge in [-0.05, 0) is 36.4 Å². The first-order valence-electron chi connectivity index (χ1n) is 9.03. The fourth-order valence-electron chi connectivity index (χ4n) is 2.85. The van der Waals surface area contributed by atoms with Gasteiger partial charge >= 0.3 is 0 Å². The Morgan fingerprint density at radius 2 is 1.90 bits per heavy atom. The number of nitrogens with one attached hydrogen (secondary N) is 1. The Hall–Kier alpha value is -3.71. The van der Waals surface area contributed by atoms with E-state index in [4.69, 9.17) is 16.3 Å². The summed E-state index contributed by atoms with van der Waals surface area (Å²) in [6, 6.07) is 18.5. The van der Waals surface area contributed by atoms with Crippen molar-refractivity contribution in [3.63, 3.8) is 0 Å². The molecular formula is C22H16ClFN4O2. The molecule has 0 fully saturated rings. The van der Waals surface area contributed by atoms with Crippen LogP contribution in [0.1, 0.15) is 15.9 Å². The van der Waals surface area contributed by atoms with Gasteiger partial charge < -0.3 is 10.1 Å². The van der Waals surface area contributed by atoms with Crippen LogP contribution in [0, 0.1) is 5.82 Å². The predicted molar refractivity (Wildman–Crippen MR) is 111 cm³/mol. The van der Waals surface area contributed by atoms with Gasteiger partial charge in [0.05, 0.1) is 5.56 Å². The highest BCUT2D eigenvalue weighted by Crippen LogP contribution is 2.24. The smallest absolute Gasteiger partial charge is 0.259 e. The quantitative estimate of drug-likeness (QED) is 0.480. The van der Waals surface area contributed by atoms with Gasteiger partial charge in [-0.1, -0.05) is 41.9 Å². The Morgan fingerprint density at radius 3 is 2.67 bits per heavy atom. The Kier molecular flexibility index (Phi) is 5.72. The van der Waals surface area contributed by atoms with E-state index < -0.39 is 11.7 Å². The fourth-order valence-corrected chi connectivity index (χ4v) is 3.04. The van der Waals surface area contributed by atoms with E-state index in [9.17, 15) is 9.18 Å². The number of halogens is 2. The van der Waals surface area contributed by atoms with E-state index in [0.29, 0.717) is 22.0 Å². The lowest BCUT2D eigenvalue weighted by molar-refractivity contribution is 0.102. The Morgan fingerprint density at radius 1 is 1.10 bits per heavy atom. The number of rotatable bonds is 6. The van der Waals surface area contributed by atoms with Gasteiger partial charge in [0.15, 0.2) is 5.82 Å². The summed E-state index contributed by atoms with van der Waals surface area (Å²) in [5.41, 5.74) is 1.67. The molecule has 150 valence electrons. The molecule has 6 nitrogen and oxygen atoms in total. The van der Waals surface area contributed by atoms with Gasteiger partial charge in [0.1, 0.15) is 30.7 Å². The predicted octanol–water partition coefficient (Wildman–Crippen LogP) is 4.89. The molecule has 4 rings (SSSR count). The second-order valence-electron chi connectivity index (χ2n) is 6.34. The number of hydrogen-bond donors (Lipinski definition) is 1. The average molecular weight is 423 g/mol. The van der Waals surface area contributed by atoms with Crippen molar-refractivity contribution in [1.82, 2.24) is 14.8 Å². The van der Waals surface area contributed by atoms with E-state index in [1.807, 2.05) is 18.2 Å². The highest BCUT2D eigenvalue weighted by atomic mass is 35.5. The number of carbonyl (C=O) groups excluding carboxylic acids is 1. The van der Waals surface area contributed by atoms with Crippen molar-refractivity contribution in [2.24, 2.45) is 0 Å². The molecule has 0 aliphatic rings. The van der Waals surface area contributed by atoms with Crippen LogP contribution in [-0.2, 0) is 6.61 Å². The van der Waals surface area contributed by atoms with Gasteiger partial charge in [0.2, 0.25) is 0 Å². The monoisotopic (exact) mass is 422 g/mol. The maximum absolute atomic E-state index is 14.4. The summed E-state index contributed by atoms with van der Waals surface area (Å²) in [4.78, 5) is 16.6. The number of para-hydroxylation sites is 1. The molecule has 0 unspecified atom stereocenters. The van der Waals surface area contributed by atoms with Crippen LogP contribution in [0.3, 0.4) is 0 Å². The topological polar surface area (TPSA) is 69.0 Å². The minimum absolute atomic E-state index is 0.213. The minimum Gasteiger partial charge on any atom is -0.488 e. The minimum atomic E-state index is -0.540. The summed E-state index contributed by atoms with van der Waals surface area (Å²) in [6.07, 6.45) is 2.71. The lowest BCUT2D eigenvalue weighted by Crippen LogP contribution is -2.14. The fraction of sp³-hybridized carbons (Fsp3) is 0.0455. The molecule has 0 aliphatic heterocycles. The van der Waals surface area contributed by atoms with E-state index in [1.165, 1.54) is 29.5 Å². The van der Waals surface area contributed by atoms with E-state index in [2.05, 4.69) is 15.4 Å². The SMILES string of the molecule is O=C(Nc1ccc(-n2cncn2)c(F)c1)c1ccccc1OCc1ccccc1Cl. The third kappa shape index (κ3) is 4.31. The molecule has 4 aromatic rings. The molecule has 0 spiro atoms. The first-order valence-corrected chi connectivity index (χ1v) is 9.41. The largest absolute Gasteiger partial charge is 0.488 e. The number of amides is 1. The summed E-state index contributed by atoms with van der Waals surface area (Å²) in [6.45, 7) is 0.213. The molecule has 1 aromatic heterocycles. The molecule has 0 saturated heterocycles. The number of ether oxygens (including phenoxy) is 1. The second-order valence-corrected chi connectivity index (χ2v) is 6.74. The molecule has 0 atom stereocenters. The van der Waals surface area contributed by atoms with Crippen LogP contribution in [0.2, 0.25) is 5.02 Å². The number of benzene rings is 3. The zero-order chi connectivity index (χ0) is 20.9. The van der Waals surface area contributed by atoms with Gasteiger partial charge in [-0.25, -0.2) is 14.1 Å². The van der Waals surface area contributed by atoms with Crippen molar-refractivity contribution in [3.8, 4) is 11.4 Å². The molecule has 1 N–H and O–H groups in total. The molecule has 0 bridgehead atoms. The van der Waals surface area contributed by atoms with Crippen molar-refractivity contribution < 1.29 is 13.9 Å². The lowest BCUT2D eigenvalue weighted by Gasteiger charge is -2.13. The van der Waals surface area contributed by atoms with Crippen molar-refractivity contribution in [2.45, 2.75) is 6.61 Å². The Bertz CT molecular complexity index is 1180. The second kappa shape index (κ2) is 8.75. The van der Waals surface area contributed by atoms with Crippen molar-refractivity contribution in [2.75, 3.05) is 5.32 Å². The molecule has 0 aliphatic carbocycles. The average Bonchev–Trinajstić information content (AvgIpc) is 3.28. The van der Waals surface area contributed by atoms with Crippen molar-refractivity contribution >= 4 is 23.2 Å². The maximum atomic E-state index is 14.4. The molecule has 3 aromatic carbocycles. The standard InChI is InChI=1S/C22H16ClFN4O2/c23-18-7-3-1-5-15(18)12-30-21-8-4-2-6-17(21)22(29)27-16-9-10-20(19(24)11-16)28-14-25-13-26-28/h1-11,13-14H,12H2,(H,27,29). The molecule has 0 saturated carbocycles. The number of aromatic nitrogens is 3. The van der Waals surface area contributed by atoms with E-state index in [1.54, 1.807) is 36.4 Å². The third-order valence-electron chi connectivity index (χ3n) is 4.34. The van der Waals surface area contributed by atoms with Crippen molar-refractivity contribution in [3.05, 3.63) is 101 Å². The molecular weight excluding hydrogens is 407 g/mol. The van der Waals surface area contributed by atoms with Gasteiger partial charge in [-0.3, -0.25) is 4.79 Å². The highest BCUT2D eigenvalue weighted by Gasteiger charge is 2.14. The van der Waals surface area contributed by atoms with Crippen LogP contribution in [0.5, 0.6) is 5.75 Å². The number of hydrogen-bond acceptors (Lipinski definition) is 4.